The molecule has 2 aromatic rings. The molecule has 5 nitrogen and oxygen atoms in total. The molecule has 0 spiro atoms. The van der Waals surface area contributed by atoms with Gasteiger partial charge < -0.3 is 23.1 Å². The van der Waals surface area contributed by atoms with Crippen molar-refractivity contribution in [3.8, 4) is 0 Å². The van der Waals surface area contributed by atoms with Crippen LogP contribution in [0.1, 0.15) is 74.7 Å². The van der Waals surface area contributed by atoms with E-state index in [9.17, 15) is 0 Å². The van der Waals surface area contributed by atoms with Gasteiger partial charge in [-0.15, -0.1) is 6.58 Å². The van der Waals surface area contributed by atoms with Crippen LogP contribution in [0.2, 0.25) is 23.2 Å². The molecule has 0 saturated carbocycles. The second kappa shape index (κ2) is 16.0. The topological polar surface area (TPSA) is 46.2 Å². The summed E-state index contributed by atoms with van der Waals surface area (Å²) >= 11 is 0. The average molecular weight is 655 g/mol. The van der Waals surface area contributed by atoms with Gasteiger partial charge in [0.1, 0.15) is 6.79 Å². The SMILES string of the molecule is C=CC[C@@H]1O[C@@H](C[C@H](O[Si](c2ccccc2)(c2ccccc2)C(C)(C)C)[C@@H](OCOC)[C@H](C)CO[Si](C)(C)C(C)(C)C)C[C@@H]1C. The summed E-state index contributed by atoms with van der Waals surface area (Å²) < 4.78 is 33.5. The number of benzene rings is 2. The van der Waals surface area contributed by atoms with Crippen molar-refractivity contribution in [2.75, 3.05) is 20.5 Å². The number of hydrogen-bond donors (Lipinski definition) is 0. The van der Waals surface area contributed by atoms with E-state index in [4.69, 9.17) is 23.1 Å². The lowest BCUT2D eigenvalue weighted by Crippen LogP contribution is -2.69. The lowest BCUT2D eigenvalue weighted by atomic mass is 9.93. The summed E-state index contributed by atoms with van der Waals surface area (Å²) in [5.74, 6) is 0.527. The van der Waals surface area contributed by atoms with E-state index in [0.29, 0.717) is 12.5 Å². The van der Waals surface area contributed by atoms with E-state index >= 15 is 0 Å². The minimum atomic E-state index is -2.90. The molecule has 45 heavy (non-hydrogen) atoms. The molecule has 1 aliphatic heterocycles. The zero-order valence-electron chi connectivity index (χ0n) is 30.1. The molecule has 0 bridgehead atoms. The van der Waals surface area contributed by atoms with Crippen LogP contribution >= 0.6 is 0 Å². The average Bonchev–Trinajstić information content (AvgIpc) is 3.32. The van der Waals surface area contributed by atoms with Crippen LogP contribution in [0.5, 0.6) is 0 Å². The molecule has 6 atom stereocenters. The van der Waals surface area contributed by atoms with Gasteiger partial charge in [0.15, 0.2) is 8.32 Å². The monoisotopic (exact) mass is 654 g/mol. The predicted molar refractivity (Wildman–Crippen MR) is 193 cm³/mol. The van der Waals surface area contributed by atoms with Crippen LogP contribution in [0.3, 0.4) is 0 Å². The summed E-state index contributed by atoms with van der Waals surface area (Å²) in [6, 6.07) is 21.8. The Labute approximate surface area is 277 Å². The maximum atomic E-state index is 7.86. The van der Waals surface area contributed by atoms with E-state index in [1.807, 2.05) is 6.08 Å². The molecule has 252 valence electrons. The summed E-state index contributed by atoms with van der Waals surface area (Å²) in [5.41, 5.74) is 0. The van der Waals surface area contributed by atoms with Crippen molar-refractivity contribution in [1.29, 1.82) is 0 Å². The minimum absolute atomic E-state index is 0.0651. The van der Waals surface area contributed by atoms with Gasteiger partial charge in [-0.1, -0.05) is 122 Å². The molecule has 0 aromatic heterocycles. The van der Waals surface area contributed by atoms with Crippen LogP contribution in [0.4, 0.5) is 0 Å². The Kier molecular flexibility index (Phi) is 13.5. The molecule has 7 heteroatoms. The van der Waals surface area contributed by atoms with Gasteiger partial charge in [-0.25, -0.2) is 0 Å². The molecule has 3 rings (SSSR count). The maximum Gasteiger partial charge on any atom is 0.261 e. The summed E-state index contributed by atoms with van der Waals surface area (Å²) in [6.45, 7) is 27.8. The lowest BCUT2D eigenvalue weighted by molar-refractivity contribution is -0.139. The van der Waals surface area contributed by atoms with Crippen molar-refractivity contribution in [2.24, 2.45) is 11.8 Å². The highest BCUT2D eigenvalue weighted by Crippen LogP contribution is 2.41. The molecule has 1 heterocycles. The highest BCUT2D eigenvalue weighted by atomic mass is 28.4. The summed E-state index contributed by atoms with van der Waals surface area (Å²) in [7, 11) is -3.19. The van der Waals surface area contributed by atoms with Crippen molar-refractivity contribution >= 4 is 27.0 Å². The first kappa shape index (κ1) is 37.9. The molecule has 0 N–H and O–H groups in total. The molecular weight excluding hydrogens is 593 g/mol. The molecule has 0 radical (unpaired) electrons. The van der Waals surface area contributed by atoms with Crippen LogP contribution in [-0.4, -0.2) is 61.6 Å². The zero-order chi connectivity index (χ0) is 33.5. The lowest BCUT2D eigenvalue weighted by Gasteiger charge is -2.47. The van der Waals surface area contributed by atoms with Crippen LogP contribution in [0, 0.1) is 11.8 Å². The molecule has 1 aliphatic rings. The Morgan fingerprint density at radius 3 is 1.96 bits per heavy atom. The van der Waals surface area contributed by atoms with Gasteiger partial charge in [0.25, 0.3) is 8.32 Å². The molecular formula is C38H62O5Si2. The van der Waals surface area contributed by atoms with E-state index in [1.165, 1.54) is 10.4 Å². The van der Waals surface area contributed by atoms with Crippen LogP contribution in [0.15, 0.2) is 73.3 Å². The molecule has 0 amide bonds. The van der Waals surface area contributed by atoms with E-state index in [1.54, 1.807) is 7.11 Å². The van der Waals surface area contributed by atoms with Gasteiger partial charge in [0.05, 0.1) is 24.4 Å². The van der Waals surface area contributed by atoms with E-state index in [-0.39, 0.29) is 47.2 Å². The van der Waals surface area contributed by atoms with Gasteiger partial charge in [-0.3, -0.25) is 0 Å². The number of ether oxygens (including phenoxy) is 3. The van der Waals surface area contributed by atoms with Crippen molar-refractivity contribution in [2.45, 2.75) is 122 Å². The maximum absolute atomic E-state index is 7.86. The first-order valence-corrected chi connectivity index (χ1v) is 21.7. The van der Waals surface area contributed by atoms with Crippen molar-refractivity contribution in [3.63, 3.8) is 0 Å². The van der Waals surface area contributed by atoms with Gasteiger partial charge in [-0.05, 0) is 52.3 Å². The molecule has 1 fully saturated rings. The quantitative estimate of drug-likeness (QED) is 0.103. The Bertz CT molecular complexity index is 1120. The highest BCUT2D eigenvalue weighted by molar-refractivity contribution is 6.99. The molecule has 1 saturated heterocycles. The number of methoxy groups -OCH3 is 1. The highest BCUT2D eigenvalue weighted by Gasteiger charge is 2.53. The predicted octanol–water partition coefficient (Wildman–Crippen LogP) is 8.34. The first-order valence-electron chi connectivity index (χ1n) is 16.9. The Hall–Kier alpha value is -1.59. The smallest absolute Gasteiger partial charge is 0.261 e. The summed E-state index contributed by atoms with van der Waals surface area (Å²) in [6.07, 6.45) is 4.31. The third-order valence-corrected chi connectivity index (χ3v) is 19.7. The molecule has 0 unspecified atom stereocenters. The third-order valence-electron chi connectivity index (χ3n) is 10.1. The zero-order valence-corrected chi connectivity index (χ0v) is 32.1. The fourth-order valence-electron chi connectivity index (χ4n) is 6.47. The minimum Gasteiger partial charge on any atom is -0.416 e. The van der Waals surface area contributed by atoms with Crippen molar-refractivity contribution in [3.05, 3.63) is 73.3 Å². The largest absolute Gasteiger partial charge is 0.416 e. The van der Waals surface area contributed by atoms with Crippen LogP contribution in [-0.2, 0) is 23.1 Å². The normalized spacial score (nSPS) is 21.8. The van der Waals surface area contributed by atoms with Crippen molar-refractivity contribution < 1.29 is 23.1 Å². The Balaban J connectivity index is 2.14. The van der Waals surface area contributed by atoms with E-state index in [2.05, 4.69) is 136 Å². The van der Waals surface area contributed by atoms with E-state index < -0.39 is 16.6 Å². The van der Waals surface area contributed by atoms with Gasteiger partial charge in [0.2, 0.25) is 0 Å². The summed E-state index contributed by atoms with van der Waals surface area (Å²) in [4.78, 5) is 0. The molecule has 2 aromatic carbocycles. The standard InChI is InChI=1S/C38H62O5Si2/c1-13-20-34-29(2)25-31(42-34)26-35(36(40-28-39-10)30(3)27-41-44(11,12)37(4,5)6)43-45(38(7,8)9,32-21-16-14-17-22-32)33-23-18-15-19-24-33/h13-19,21-24,29-31,34-36H,1,20,25-28H2,2-12H3/t29-,30+,31+,34-,35-,36-/m0/s1. The first-order chi connectivity index (χ1) is 21.1. The third kappa shape index (κ3) is 9.28. The second-order valence-electron chi connectivity index (χ2n) is 15.7. The summed E-state index contributed by atoms with van der Waals surface area (Å²) in [5, 5.41) is 2.47. The van der Waals surface area contributed by atoms with Crippen LogP contribution < -0.4 is 10.4 Å². The fraction of sp³-hybridized carbons (Fsp3) is 0.632. The number of rotatable bonds is 16. The van der Waals surface area contributed by atoms with Crippen LogP contribution in [0.25, 0.3) is 0 Å². The Morgan fingerprint density at radius 1 is 0.933 bits per heavy atom. The fourth-order valence-corrected chi connectivity index (χ4v) is 12.3. The van der Waals surface area contributed by atoms with E-state index in [0.717, 1.165) is 19.3 Å². The van der Waals surface area contributed by atoms with Gasteiger partial charge in [-0.2, -0.15) is 0 Å². The number of hydrogen-bond acceptors (Lipinski definition) is 5. The second-order valence-corrected chi connectivity index (χ2v) is 24.7. The van der Waals surface area contributed by atoms with Gasteiger partial charge >= 0.3 is 0 Å². The van der Waals surface area contributed by atoms with Crippen molar-refractivity contribution in [1.82, 2.24) is 0 Å². The molecule has 0 aliphatic carbocycles. The van der Waals surface area contributed by atoms with Gasteiger partial charge in [0, 0.05) is 26.1 Å². The Morgan fingerprint density at radius 2 is 1.49 bits per heavy atom.